The molecule has 1 aliphatic heterocycles. The van der Waals surface area contributed by atoms with Crippen molar-refractivity contribution in [2.75, 3.05) is 19.6 Å². The summed E-state index contributed by atoms with van der Waals surface area (Å²) in [5.74, 6) is -1.99. The van der Waals surface area contributed by atoms with Crippen LogP contribution in [0.5, 0.6) is 0 Å². The average molecular weight is 599 g/mol. The molecule has 0 bridgehead atoms. The van der Waals surface area contributed by atoms with E-state index in [0.29, 0.717) is 30.7 Å². The molecule has 41 heavy (non-hydrogen) atoms. The lowest BCUT2D eigenvalue weighted by Crippen LogP contribution is -2.39. The minimum atomic E-state index is -3.65. The highest BCUT2D eigenvalue weighted by molar-refractivity contribution is 7.93. The van der Waals surface area contributed by atoms with Gasteiger partial charge in [0.25, 0.3) is 0 Å². The maximum absolute atomic E-state index is 13.5. The third-order valence-corrected chi connectivity index (χ3v) is 9.78. The molecule has 4 nitrogen and oxygen atoms in total. The normalized spacial score (nSPS) is 16.7. The topological polar surface area (TPSA) is 40.6 Å². The Balaban J connectivity index is 1.29. The Bertz CT molecular complexity index is 1470. The van der Waals surface area contributed by atoms with E-state index in [2.05, 4.69) is 34.9 Å². The van der Waals surface area contributed by atoms with Crippen LogP contribution in [0.2, 0.25) is 5.02 Å². The molecule has 0 unspecified atom stereocenters. The maximum atomic E-state index is 13.5. The van der Waals surface area contributed by atoms with Gasteiger partial charge in [-0.1, -0.05) is 62.1 Å². The summed E-state index contributed by atoms with van der Waals surface area (Å²) in [6.07, 6.45) is 6.52. The zero-order valence-electron chi connectivity index (χ0n) is 23.5. The van der Waals surface area contributed by atoms with Crippen LogP contribution in [0, 0.1) is 11.6 Å². The van der Waals surface area contributed by atoms with Crippen molar-refractivity contribution in [3.05, 3.63) is 105 Å². The van der Waals surface area contributed by atoms with Gasteiger partial charge >= 0.3 is 0 Å². The summed E-state index contributed by atoms with van der Waals surface area (Å²) in [4.78, 5) is 4.79. The summed E-state index contributed by atoms with van der Waals surface area (Å²) in [6.45, 7) is 5.95. The largest absolute Gasteiger partial charge is 0.296 e. The van der Waals surface area contributed by atoms with Gasteiger partial charge in [-0.3, -0.25) is 9.80 Å². The molecule has 3 aromatic carbocycles. The Morgan fingerprint density at radius 1 is 0.927 bits per heavy atom. The molecule has 0 radical (unpaired) electrons. The van der Waals surface area contributed by atoms with E-state index in [9.17, 15) is 17.2 Å². The van der Waals surface area contributed by atoms with Crippen LogP contribution < -0.4 is 0 Å². The number of rotatable bonds is 10. The zero-order chi connectivity index (χ0) is 29.0. The van der Waals surface area contributed by atoms with Crippen LogP contribution >= 0.6 is 11.6 Å². The Labute approximate surface area is 247 Å². The van der Waals surface area contributed by atoms with Gasteiger partial charge < -0.3 is 0 Å². The second-order valence-electron chi connectivity index (χ2n) is 11.4. The summed E-state index contributed by atoms with van der Waals surface area (Å²) in [5.41, 5.74) is 5.63. The number of benzene rings is 3. The molecule has 3 aromatic rings. The molecule has 2 aliphatic rings. The zero-order valence-corrected chi connectivity index (χ0v) is 25.0. The van der Waals surface area contributed by atoms with Crippen molar-refractivity contribution in [2.45, 2.75) is 63.9 Å². The monoisotopic (exact) mass is 598 g/mol. The van der Waals surface area contributed by atoms with Crippen LogP contribution in [-0.2, 0) is 28.7 Å². The summed E-state index contributed by atoms with van der Waals surface area (Å²) >= 11 is 6.19. The van der Waals surface area contributed by atoms with Crippen LogP contribution in [0.15, 0.2) is 71.6 Å². The van der Waals surface area contributed by atoms with Crippen LogP contribution in [0.4, 0.5) is 8.78 Å². The van der Waals surface area contributed by atoms with E-state index in [-0.39, 0.29) is 5.56 Å². The highest BCUT2D eigenvalue weighted by Crippen LogP contribution is 2.31. The molecular weight excluding hydrogens is 562 g/mol. The summed E-state index contributed by atoms with van der Waals surface area (Å²) in [6, 6.07) is 18.1. The second-order valence-corrected chi connectivity index (χ2v) is 13.6. The quantitative estimate of drug-likeness (QED) is 0.239. The van der Waals surface area contributed by atoms with Gasteiger partial charge in [0.15, 0.2) is 9.84 Å². The molecule has 0 spiro atoms. The van der Waals surface area contributed by atoms with Gasteiger partial charge in [-0.05, 0) is 83.1 Å². The second kappa shape index (κ2) is 13.2. The van der Waals surface area contributed by atoms with E-state index in [1.165, 1.54) is 48.6 Å². The van der Waals surface area contributed by atoms with Crippen LogP contribution in [-0.4, -0.2) is 43.9 Å². The molecule has 0 atom stereocenters. The van der Waals surface area contributed by atoms with Crippen molar-refractivity contribution in [2.24, 2.45) is 0 Å². The highest BCUT2D eigenvalue weighted by Gasteiger charge is 2.25. The number of hydrogen-bond donors (Lipinski definition) is 0. The van der Waals surface area contributed by atoms with Crippen molar-refractivity contribution in [1.82, 2.24) is 9.80 Å². The smallest absolute Gasteiger partial charge is 0.175 e. The molecule has 0 amide bonds. The lowest BCUT2D eigenvalue weighted by atomic mass is 9.93. The molecular formula is C33H37ClF2N2O2S. The fraction of sp³-hybridized carbons (Fsp3) is 0.394. The molecule has 1 aliphatic carbocycles. The number of likely N-dealkylation sites (tertiary alicyclic amines) is 1. The van der Waals surface area contributed by atoms with E-state index >= 15 is 0 Å². The standard InChI is InChI=1S/C33H37ClF2N2O2S/c1-2-38(32-6-4-3-5-7-32)20-24-8-9-28(33(16-24)27-10-12-29(34)13-11-27)21-37-18-26(19-37)23-41(39,40)22-25-14-30(35)17-31(36)15-25/h8-17,23,32H,2-7,18-22H2,1H3. The summed E-state index contributed by atoms with van der Waals surface area (Å²) in [7, 11) is -3.65. The van der Waals surface area contributed by atoms with E-state index in [0.717, 1.165) is 48.0 Å². The van der Waals surface area contributed by atoms with Gasteiger partial charge in [0.1, 0.15) is 11.6 Å². The minimum Gasteiger partial charge on any atom is -0.296 e. The van der Waals surface area contributed by atoms with E-state index in [1.54, 1.807) is 0 Å². The van der Waals surface area contributed by atoms with Crippen molar-refractivity contribution in [3.63, 3.8) is 0 Å². The van der Waals surface area contributed by atoms with E-state index in [1.807, 2.05) is 24.3 Å². The van der Waals surface area contributed by atoms with Gasteiger partial charge in [0.05, 0.1) is 5.75 Å². The van der Waals surface area contributed by atoms with Gasteiger partial charge in [-0.15, -0.1) is 0 Å². The Hall–Kier alpha value is -2.58. The molecule has 0 aromatic heterocycles. The van der Waals surface area contributed by atoms with Gasteiger partial charge in [0.2, 0.25) is 0 Å². The summed E-state index contributed by atoms with van der Waals surface area (Å²) in [5, 5.41) is 1.96. The van der Waals surface area contributed by atoms with Crippen LogP contribution in [0.25, 0.3) is 11.1 Å². The first-order valence-corrected chi connectivity index (χ1v) is 16.5. The van der Waals surface area contributed by atoms with Crippen molar-refractivity contribution >= 4 is 21.4 Å². The first kappa shape index (κ1) is 29.9. The SMILES string of the molecule is CCN(Cc1ccc(CN2CC(=CS(=O)(=O)Cc3cc(F)cc(F)c3)C2)c(-c2ccc(Cl)cc2)c1)C1CCCCC1. The third kappa shape index (κ3) is 8.04. The predicted molar refractivity (Wildman–Crippen MR) is 162 cm³/mol. The summed E-state index contributed by atoms with van der Waals surface area (Å²) < 4.78 is 52.3. The Morgan fingerprint density at radius 3 is 2.27 bits per heavy atom. The lowest BCUT2D eigenvalue weighted by Gasteiger charge is -2.35. The number of halogens is 3. The lowest BCUT2D eigenvalue weighted by molar-refractivity contribution is 0.156. The first-order chi connectivity index (χ1) is 19.7. The first-order valence-electron chi connectivity index (χ1n) is 14.4. The molecule has 1 heterocycles. The molecule has 1 saturated heterocycles. The van der Waals surface area contributed by atoms with Gasteiger partial charge in [0, 0.05) is 48.7 Å². The van der Waals surface area contributed by atoms with Crippen molar-refractivity contribution < 1.29 is 17.2 Å². The number of nitrogens with zero attached hydrogens (tertiary/aromatic N) is 2. The fourth-order valence-corrected chi connectivity index (χ4v) is 7.61. The van der Waals surface area contributed by atoms with Crippen molar-refractivity contribution in [1.29, 1.82) is 0 Å². The van der Waals surface area contributed by atoms with E-state index in [4.69, 9.17) is 11.6 Å². The minimum absolute atomic E-state index is 0.105. The van der Waals surface area contributed by atoms with Crippen molar-refractivity contribution in [3.8, 4) is 11.1 Å². The molecule has 8 heteroatoms. The number of hydrogen-bond acceptors (Lipinski definition) is 4. The van der Waals surface area contributed by atoms with E-state index < -0.39 is 27.2 Å². The van der Waals surface area contributed by atoms with Crippen LogP contribution in [0.3, 0.4) is 0 Å². The average Bonchev–Trinajstić information content (AvgIpc) is 2.91. The Morgan fingerprint density at radius 2 is 1.61 bits per heavy atom. The van der Waals surface area contributed by atoms with Crippen LogP contribution in [0.1, 0.15) is 55.7 Å². The molecule has 5 rings (SSSR count). The van der Waals surface area contributed by atoms with Gasteiger partial charge in [-0.25, -0.2) is 17.2 Å². The fourth-order valence-electron chi connectivity index (χ4n) is 6.12. The molecule has 218 valence electrons. The third-order valence-electron chi connectivity index (χ3n) is 8.10. The molecule has 2 fully saturated rings. The molecule has 1 saturated carbocycles. The maximum Gasteiger partial charge on any atom is 0.175 e. The Kier molecular flexibility index (Phi) is 9.59. The highest BCUT2D eigenvalue weighted by atomic mass is 35.5. The number of sulfone groups is 1. The molecule has 0 N–H and O–H groups in total. The predicted octanol–water partition coefficient (Wildman–Crippen LogP) is 7.75. The van der Waals surface area contributed by atoms with Gasteiger partial charge in [-0.2, -0.15) is 0 Å².